The van der Waals surface area contributed by atoms with Gasteiger partial charge < -0.3 is 0 Å². The van der Waals surface area contributed by atoms with Crippen LogP contribution in [0.4, 0.5) is 0 Å². The molecule has 0 fully saturated rings. The van der Waals surface area contributed by atoms with Crippen LogP contribution in [0, 0.1) is 0 Å². The third kappa shape index (κ3) is 6.68. The lowest BCUT2D eigenvalue weighted by molar-refractivity contribution is -0.359. The molecule has 1 aromatic heterocycles. The second kappa shape index (κ2) is 15.7. The van der Waals surface area contributed by atoms with Gasteiger partial charge >= 0.3 is 5.82 Å². The van der Waals surface area contributed by atoms with E-state index in [2.05, 4.69) is 217 Å². The molecule has 3 nitrogen and oxygen atoms in total. The van der Waals surface area contributed by atoms with E-state index in [0.717, 1.165) is 39.5 Å². The summed E-state index contributed by atoms with van der Waals surface area (Å²) in [6.07, 6.45) is 0. The fourth-order valence-electron chi connectivity index (χ4n) is 9.39. The molecule has 0 aliphatic carbocycles. The fraction of sp³-hybridized carbons (Fsp3) is 0. The summed E-state index contributed by atoms with van der Waals surface area (Å²) >= 11 is 0. The third-order valence-electron chi connectivity index (χ3n) is 12.6. The maximum Gasteiger partial charge on any atom is 0.308 e. The van der Waals surface area contributed by atoms with Gasteiger partial charge in [0, 0.05) is 0 Å². The molecule has 11 aromatic carbocycles. The largest absolute Gasteiger partial charge is 0.308 e. The van der Waals surface area contributed by atoms with Gasteiger partial charge in [-0.2, -0.15) is 0 Å². The van der Waals surface area contributed by atoms with Crippen molar-refractivity contribution in [2.24, 2.45) is 0 Å². The first kappa shape index (κ1) is 37.2. The Balaban J connectivity index is 0.915. The Morgan fingerprint density at radius 3 is 1.25 bits per heavy atom. The van der Waals surface area contributed by atoms with Crippen LogP contribution in [-0.4, -0.2) is 9.97 Å². The predicted molar refractivity (Wildman–Crippen MR) is 267 cm³/mol. The van der Waals surface area contributed by atoms with Crippen molar-refractivity contribution in [1.82, 2.24) is 9.97 Å². The zero-order chi connectivity index (χ0) is 42.4. The zero-order valence-corrected chi connectivity index (χ0v) is 34.9. The molecule has 12 aromatic rings. The highest BCUT2D eigenvalue weighted by Crippen LogP contribution is 2.41. The minimum absolute atomic E-state index is 0.673. The molecule has 0 saturated heterocycles. The van der Waals surface area contributed by atoms with E-state index in [1.165, 1.54) is 76.5 Å². The van der Waals surface area contributed by atoms with Crippen LogP contribution in [0.5, 0.6) is 0 Å². The molecule has 0 atom stereocenters. The lowest BCUT2D eigenvalue weighted by Gasteiger charge is -2.15. The highest BCUT2D eigenvalue weighted by molar-refractivity contribution is 6.25. The van der Waals surface area contributed by atoms with Crippen molar-refractivity contribution in [3.63, 3.8) is 0 Å². The Morgan fingerprint density at radius 2 is 0.656 bits per heavy atom. The van der Waals surface area contributed by atoms with Crippen molar-refractivity contribution >= 4 is 43.1 Å². The SMILES string of the molecule is c1ccc(-c2ccc(-c3nc(-c4ccccc4)nc(-c4ccc(-c5ccc6ccccc6c5-c5ccc(-c6ccc7c8ccccc8c8ccccc8c7c6)cc5)cc4)[nH+]3)cc2)cc1. The zero-order valence-electron chi connectivity index (χ0n) is 34.9. The van der Waals surface area contributed by atoms with Gasteiger partial charge in [-0.15, -0.1) is 0 Å². The summed E-state index contributed by atoms with van der Waals surface area (Å²) in [5, 5.41) is 10.1. The highest BCUT2D eigenvalue weighted by atomic mass is 15.0. The van der Waals surface area contributed by atoms with Crippen molar-refractivity contribution in [2.75, 3.05) is 0 Å². The number of hydrogen-bond donors (Lipinski definition) is 0. The number of rotatable bonds is 7. The quantitative estimate of drug-likeness (QED) is 0.150. The van der Waals surface area contributed by atoms with Gasteiger partial charge in [-0.3, -0.25) is 0 Å². The van der Waals surface area contributed by atoms with E-state index in [-0.39, 0.29) is 0 Å². The number of aromatic amines is 1. The van der Waals surface area contributed by atoms with Crippen molar-refractivity contribution < 1.29 is 4.98 Å². The smallest absolute Gasteiger partial charge is 0.240 e. The van der Waals surface area contributed by atoms with E-state index in [0.29, 0.717) is 5.82 Å². The Kier molecular flexibility index (Phi) is 9.16. The van der Waals surface area contributed by atoms with Crippen LogP contribution in [0.3, 0.4) is 0 Å². The molecule has 1 heterocycles. The number of nitrogens with one attached hydrogen (secondary N) is 1. The van der Waals surface area contributed by atoms with Gasteiger partial charge in [0.05, 0.1) is 16.7 Å². The van der Waals surface area contributed by atoms with Gasteiger partial charge in [-0.25, -0.2) is 4.98 Å². The molecule has 0 amide bonds. The minimum atomic E-state index is 0.673. The molecule has 0 bridgehead atoms. The van der Waals surface area contributed by atoms with Crippen LogP contribution >= 0.6 is 0 Å². The lowest BCUT2D eigenvalue weighted by atomic mass is 9.88. The van der Waals surface area contributed by atoms with Crippen molar-refractivity contribution in [3.8, 4) is 78.7 Å². The summed E-state index contributed by atoms with van der Waals surface area (Å²) < 4.78 is 0. The Hall–Kier alpha value is -8.53. The number of fused-ring (bicyclic) bond motifs is 7. The Bertz CT molecular complexity index is 3640. The van der Waals surface area contributed by atoms with E-state index in [4.69, 9.17) is 9.97 Å². The number of benzene rings is 11. The molecule has 12 rings (SSSR count). The number of aromatic nitrogens is 3. The second-order valence-electron chi connectivity index (χ2n) is 16.4. The van der Waals surface area contributed by atoms with Crippen LogP contribution in [0.25, 0.3) is 122 Å². The first-order chi connectivity index (χ1) is 31.7. The van der Waals surface area contributed by atoms with Crippen molar-refractivity contribution in [2.45, 2.75) is 0 Å². The third-order valence-corrected chi connectivity index (χ3v) is 12.6. The monoisotopic (exact) mass is 814 g/mol. The maximum atomic E-state index is 5.08. The molecule has 0 spiro atoms. The topological polar surface area (TPSA) is 39.9 Å². The van der Waals surface area contributed by atoms with E-state index in [1.807, 2.05) is 24.3 Å². The lowest BCUT2D eigenvalue weighted by Crippen LogP contribution is -2.17. The molecule has 64 heavy (non-hydrogen) atoms. The number of hydrogen-bond acceptors (Lipinski definition) is 2. The van der Waals surface area contributed by atoms with Crippen LogP contribution < -0.4 is 4.98 Å². The van der Waals surface area contributed by atoms with Gasteiger partial charge in [0.15, 0.2) is 0 Å². The average Bonchev–Trinajstić information content (AvgIpc) is 3.39. The Labute approximate surface area is 371 Å². The summed E-state index contributed by atoms with van der Waals surface area (Å²) in [7, 11) is 0. The summed E-state index contributed by atoms with van der Waals surface area (Å²) in [6, 6.07) is 84.7. The fourth-order valence-corrected chi connectivity index (χ4v) is 9.39. The van der Waals surface area contributed by atoms with Gasteiger partial charge in [-0.1, -0.05) is 204 Å². The van der Waals surface area contributed by atoms with Gasteiger partial charge in [0.2, 0.25) is 0 Å². The van der Waals surface area contributed by atoms with Gasteiger partial charge in [0.1, 0.15) is 0 Å². The van der Waals surface area contributed by atoms with Crippen LogP contribution in [0.2, 0.25) is 0 Å². The highest BCUT2D eigenvalue weighted by Gasteiger charge is 2.21. The molecule has 0 saturated carbocycles. The van der Waals surface area contributed by atoms with E-state index >= 15 is 0 Å². The molecule has 3 heteroatoms. The first-order valence-corrected chi connectivity index (χ1v) is 21.8. The molecular formula is C61H40N3+. The summed E-state index contributed by atoms with van der Waals surface area (Å²) in [4.78, 5) is 13.7. The number of nitrogens with zero attached hydrogens (tertiary/aromatic N) is 2. The molecule has 0 unspecified atom stereocenters. The Morgan fingerprint density at radius 1 is 0.250 bits per heavy atom. The van der Waals surface area contributed by atoms with Crippen LogP contribution in [0.1, 0.15) is 0 Å². The molecule has 0 aliphatic rings. The van der Waals surface area contributed by atoms with E-state index in [9.17, 15) is 0 Å². The van der Waals surface area contributed by atoms with Crippen molar-refractivity contribution in [3.05, 3.63) is 237 Å². The average molecular weight is 815 g/mol. The summed E-state index contributed by atoms with van der Waals surface area (Å²) in [5.41, 5.74) is 12.4. The standard InChI is InChI=1S/C61H39N3/c1-3-13-40(14-4-1)41-25-31-47(32-26-41)60-62-59(46-16-5-2-6-17-46)63-61(64-60)48-33-27-44(28-34-48)51-37-35-43-15-7-8-18-50(43)58(51)45-29-23-42(24-30-45)49-36-38-56-54-21-10-9-19-52(54)53-20-11-12-22-55(53)57(56)39-49/h1-39H/p+1. The first-order valence-electron chi connectivity index (χ1n) is 21.8. The summed E-state index contributed by atoms with van der Waals surface area (Å²) in [6.45, 7) is 0. The summed E-state index contributed by atoms with van der Waals surface area (Å²) in [5.74, 6) is 2.19. The predicted octanol–water partition coefficient (Wildman–Crippen LogP) is 15.6. The van der Waals surface area contributed by atoms with Gasteiger partial charge in [-0.05, 0) is 130 Å². The van der Waals surface area contributed by atoms with Gasteiger partial charge in [0.25, 0.3) is 11.6 Å². The van der Waals surface area contributed by atoms with E-state index < -0.39 is 0 Å². The molecule has 298 valence electrons. The normalized spacial score (nSPS) is 11.4. The molecule has 0 radical (unpaired) electrons. The van der Waals surface area contributed by atoms with E-state index in [1.54, 1.807) is 0 Å². The van der Waals surface area contributed by atoms with Crippen LogP contribution in [0.15, 0.2) is 237 Å². The maximum absolute atomic E-state index is 5.08. The molecule has 1 N–H and O–H groups in total. The molecular weight excluding hydrogens is 775 g/mol. The minimum Gasteiger partial charge on any atom is -0.240 e. The number of H-pyrrole nitrogens is 1. The van der Waals surface area contributed by atoms with Crippen molar-refractivity contribution in [1.29, 1.82) is 0 Å². The second-order valence-corrected chi connectivity index (χ2v) is 16.4. The van der Waals surface area contributed by atoms with Crippen LogP contribution in [-0.2, 0) is 0 Å². The molecule has 0 aliphatic heterocycles.